The maximum Gasteiger partial charge on any atom is 0.224 e. The lowest BCUT2D eigenvalue weighted by atomic mass is 9.86. The summed E-state index contributed by atoms with van der Waals surface area (Å²) in [5.41, 5.74) is 2.49. The minimum absolute atomic E-state index is 0.0322. The zero-order valence-corrected chi connectivity index (χ0v) is 30.3. The van der Waals surface area contributed by atoms with E-state index in [1.54, 1.807) is 6.07 Å². The van der Waals surface area contributed by atoms with Crippen LogP contribution in [0.5, 0.6) is 0 Å². The van der Waals surface area contributed by atoms with Gasteiger partial charge in [-0.25, -0.2) is 8.42 Å². The topological polar surface area (TPSA) is 192 Å². The average Bonchev–Trinajstić information content (AvgIpc) is 3.18. The fraction of sp³-hybridized carbons (Fsp3) is 0.639. The van der Waals surface area contributed by atoms with Crippen LogP contribution in [0.4, 0.5) is 11.4 Å². The summed E-state index contributed by atoms with van der Waals surface area (Å²) < 4.78 is 28.1. The van der Waals surface area contributed by atoms with Crippen LogP contribution in [0.1, 0.15) is 88.8 Å². The molecule has 49 heavy (non-hydrogen) atoms. The highest BCUT2D eigenvalue weighted by molar-refractivity contribution is 7.91. The summed E-state index contributed by atoms with van der Waals surface area (Å²) in [6.45, 7) is 3.91. The largest absolute Gasteiger partial charge is 0.394 e. The second-order valence-electron chi connectivity index (χ2n) is 13.6. The first-order chi connectivity index (χ1) is 23.3. The van der Waals surface area contributed by atoms with Crippen LogP contribution in [0.25, 0.3) is 0 Å². The zero-order chi connectivity index (χ0) is 36.2. The molecule has 1 heterocycles. The summed E-state index contributed by atoms with van der Waals surface area (Å²) in [5.74, 6) is -0.134. The maximum atomic E-state index is 14.0. The Morgan fingerprint density at radius 2 is 1.63 bits per heavy atom. The van der Waals surface area contributed by atoms with Crippen molar-refractivity contribution in [1.29, 1.82) is 0 Å². The molecule has 0 aliphatic carbocycles. The third-order valence-corrected chi connectivity index (χ3v) is 11.3. The SMILES string of the molecule is CCCCC1(CCCC)CS(=O)(=O)c2ccc(N(C)C)cc2[C@H](c2cccc(NC(=O)CCCCNC[C@H](O)[C@@H](O)[C@H](O)[C@H](O)CO)c2)N1. The lowest BCUT2D eigenvalue weighted by Gasteiger charge is -2.37. The van der Waals surface area contributed by atoms with Gasteiger partial charge in [0.15, 0.2) is 9.84 Å². The van der Waals surface area contributed by atoms with Crippen LogP contribution >= 0.6 is 0 Å². The van der Waals surface area contributed by atoms with E-state index in [2.05, 4.69) is 29.8 Å². The summed E-state index contributed by atoms with van der Waals surface area (Å²) in [6.07, 6.45) is 0.443. The van der Waals surface area contributed by atoms with E-state index in [4.69, 9.17) is 5.11 Å². The number of aliphatic hydroxyl groups excluding tert-OH is 5. The number of hydrogen-bond acceptors (Lipinski definition) is 11. The molecular weight excluding hydrogens is 648 g/mol. The fourth-order valence-electron chi connectivity index (χ4n) is 6.39. The van der Waals surface area contributed by atoms with Crippen molar-refractivity contribution >= 4 is 27.1 Å². The van der Waals surface area contributed by atoms with E-state index in [1.807, 2.05) is 55.4 Å². The molecule has 0 saturated carbocycles. The van der Waals surface area contributed by atoms with Crippen molar-refractivity contribution in [2.75, 3.05) is 49.8 Å². The van der Waals surface area contributed by atoms with Gasteiger partial charge < -0.3 is 41.1 Å². The summed E-state index contributed by atoms with van der Waals surface area (Å²) in [5, 5.41) is 57.9. The van der Waals surface area contributed by atoms with E-state index in [0.717, 1.165) is 49.8 Å². The predicted molar refractivity (Wildman–Crippen MR) is 192 cm³/mol. The van der Waals surface area contributed by atoms with E-state index in [-0.39, 0.29) is 24.6 Å². The molecule has 3 rings (SSSR count). The van der Waals surface area contributed by atoms with E-state index in [1.165, 1.54) is 0 Å². The molecule has 12 nitrogen and oxygen atoms in total. The van der Waals surface area contributed by atoms with Gasteiger partial charge in [0.05, 0.1) is 29.4 Å². The van der Waals surface area contributed by atoms with Crippen LogP contribution in [-0.2, 0) is 14.6 Å². The molecule has 2 aromatic carbocycles. The molecule has 0 unspecified atom stereocenters. The molecule has 1 aliphatic heterocycles. The molecule has 13 heteroatoms. The van der Waals surface area contributed by atoms with Gasteiger partial charge in [-0.3, -0.25) is 10.1 Å². The van der Waals surface area contributed by atoms with Gasteiger partial charge in [0.1, 0.15) is 18.3 Å². The molecule has 5 atom stereocenters. The number of nitrogens with one attached hydrogen (secondary N) is 3. The molecular formula is C36H58N4O8S. The number of carbonyl (C=O) groups excluding carboxylic acids is 1. The Kier molecular flexibility index (Phi) is 15.9. The number of unbranched alkanes of at least 4 members (excludes halogenated alkanes) is 3. The smallest absolute Gasteiger partial charge is 0.224 e. The highest BCUT2D eigenvalue weighted by atomic mass is 32.2. The predicted octanol–water partition coefficient (Wildman–Crippen LogP) is 2.47. The van der Waals surface area contributed by atoms with Crippen molar-refractivity contribution in [3.63, 3.8) is 0 Å². The number of nitrogens with zero attached hydrogens (tertiary/aromatic N) is 1. The van der Waals surface area contributed by atoms with Gasteiger partial charge in [-0.05, 0) is 73.7 Å². The molecule has 8 N–H and O–H groups in total. The van der Waals surface area contributed by atoms with Gasteiger partial charge in [0.2, 0.25) is 5.91 Å². The molecule has 276 valence electrons. The van der Waals surface area contributed by atoms with Crippen molar-refractivity contribution in [2.24, 2.45) is 0 Å². The Morgan fingerprint density at radius 3 is 2.27 bits per heavy atom. The van der Waals surface area contributed by atoms with Crippen molar-refractivity contribution in [3.8, 4) is 0 Å². The van der Waals surface area contributed by atoms with Crippen LogP contribution in [0.3, 0.4) is 0 Å². The number of sulfone groups is 1. The normalized spacial score (nSPS) is 19.2. The number of aliphatic hydroxyl groups is 5. The van der Waals surface area contributed by atoms with Gasteiger partial charge in [-0.1, -0.05) is 51.7 Å². The Labute approximate surface area is 291 Å². The highest BCUT2D eigenvalue weighted by Crippen LogP contribution is 2.40. The average molecular weight is 707 g/mol. The summed E-state index contributed by atoms with van der Waals surface area (Å²) in [6, 6.07) is 12.7. The molecule has 0 saturated heterocycles. The quantitative estimate of drug-likeness (QED) is 0.0944. The number of fused-ring (bicyclic) bond motifs is 1. The van der Waals surface area contributed by atoms with Crippen molar-refractivity contribution in [2.45, 2.75) is 113 Å². The minimum atomic E-state index is -3.61. The van der Waals surface area contributed by atoms with E-state index >= 15 is 0 Å². The maximum absolute atomic E-state index is 14.0. The third kappa shape index (κ3) is 11.4. The molecule has 0 bridgehead atoms. The van der Waals surface area contributed by atoms with Crippen LogP contribution in [0, 0.1) is 0 Å². The summed E-state index contributed by atoms with van der Waals surface area (Å²) in [7, 11) is 0.255. The fourth-order valence-corrected chi connectivity index (χ4v) is 8.45. The Morgan fingerprint density at radius 1 is 0.959 bits per heavy atom. The molecule has 0 spiro atoms. The third-order valence-electron chi connectivity index (χ3n) is 9.28. The Balaban J connectivity index is 1.74. The molecule has 1 aliphatic rings. The highest BCUT2D eigenvalue weighted by Gasteiger charge is 2.42. The Hall–Kier alpha value is -2.62. The van der Waals surface area contributed by atoms with Crippen molar-refractivity contribution in [3.05, 3.63) is 53.6 Å². The molecule has 0 aromatic heterocycles. The first-order valence-corrected chi connectivity index (χ1v) is 19.2. The van der Waals surface area contributed by atoms with Gasteiger partial charge in [0, 0.05) is 44.0 Å². The monoisotopic (exact) mass is 706 g/mol. The lowest BCUT2D eigenvalue weighted by molar-refractivity contribution is -0.116. The van der Waals surface area contributed by atoms with E-state index in [9.17, 15) is 33.6 Å². The molecule has 1 amide bonds. The molecule has 0 fully saturated rings. The first-order valence-electron chi connectivity index (χ1n) is 17.5. The summed E-state index contributed by atoms with van der Waals surface area (Å²) >= 11 is 0. The van der Waals surface area contributed by atoms with Gasteiger partial charge in [-0.2, -0.15) is 0 Å². The standard InChI is InChI=1S/C36H58N4O8S/c1-5-7-17-36(18-8-6-2)24-49(47,48)31-16-15-27(40(3)4)21-28(31)33(39-36)25-12-11-13-26(20-25)38-32(44)14-9-10-19-37-22-29(42)34(45)35(46)30(43)23-41/h11-13,15-16,20-21,29-30,33-35,37,39,41-43,45-46H,5-10,14,17-19,22-24H2,1-4H3,(H,38,44)/t29-,30+,33-,34+,35+/m0/s1. The lowest BCUT2D eigenvalue weighted by Crippen LogP contribution is -2.50. The Bertz CT molecular complexity index is 1430. The van der Waals surface area contributed by atoms with Crippen molar-refractivity contribution < 1.29 is 38.7 Å². The van der Waals surface area contributed by atoms with E-state index < -0.39 is 52.4 Å². The van der Waals surface area contributed by atoms with E-state index in [0.29, 0.717) is 35.5 Å². The van der Waals surface area contributed by atoms with Gasteiger partial charge in [0.25, 0.3) is 0 Å². The minimum Gasteiger partial charge on any atom is -0.394 e. The van der Waals surface area contributed by atoms with Crippen LogP contribution in [-0.4, -0.2) is 109 Å². The van der Waals surface area contributed by atoms with Gasteiger partial charge >= 0.3 is 0 Å². The number of amides is 1. The zero-order valence-electron chi connectivity index (χ0n) is 29.4. The summed E-state index contributed by atoms with van der Waals surface area (Å²) in [4.78, 5) is 15.2. The van der Waals surface area contributed by atoms with Gasteiger partial charge in [-0.15, -0.1) is 0 Å². The number of rotatable bonds is 20. The number of anilines is 2. The number of carbonyl (C=O) groups is 1. The number of hydrogen-bond donors (Lipinski definition) is 8. The van der Waals surface area contributed by atoms with Crippen LogP contribution in [0.15, 0.2) is 47.4 Å². The van der Waals surface area contributed by atoms with Crippen LogP contribution < -0.4 is 20.9 Å². The number of benzene rings is 2. The second kappa shape index (κ2) is 19.1. The van der Waals surface area contributed by atoms with Crippen LogP contribution in [0.2, 0.25) is 0 Å². The molecule has 0 radical (unpaired) electrons. The second-order valence-corrected chi connectivity index (χ2v) is 15.5. The molecule has 2 aromatic rings. The first kappa shape index (κ1) is 40.8. The van der Waals surface area contributed by atoms with Crippen molar-refractivity contribution in [1.82, 2.24) is 10.6 Å².